The molecule has 0 bridgehead atoms. The van der Waals surface area contributed by atoms with Crippen LogP contribution in [0.15, 0.2) is 42.5 Å². The third kappa shape index (κ3) is 2.83. The minimum absolute atomic E-state index is 0.0507. The molecule has 21 heavy (non-hydrogen) atoms. The molecule has 0 radical (unpaired) electrons. The van der Waals surface area contributed by atoms with Crippen molar-refractivity contribution in [3.63, 3.8) is 0 Å². The highest BCUT2D eigenvalue weighted by Gasteiger charge is 2.37. The van der Waals surface area contributed by atoms with Crippen LogP contribution < -0.4 is 5.73 Å². The first-order valence-electron chi connectivity index (χ1n) is 8.05. The maximum absolute atomic E-state index is 6.65. The second-order valence-corrected chi connectivity index (χ2v) is 6.27. The summed E-state index contributed by atoms with van der Waals surface area (Å²) in [5.74, 6) is 0. The second kappa shape index (κ2) is 6.17. The molecule has 0 aliphatic heterocycles. The number of rotatable bonds is 3. The van der Waals surface area contributed by atoms with Crippen molar-refractivity contribution in [2.24, 2.45) is 5.73 Å². The lowest BCUT2D eigenvalue weighted by Gasteiger charge is -2.37. The summed E-state index contributed by atoms with van der Waals surface area (Å²) < 4.78 is 5.96. The number of hydrogen-bond acceptors (Lipinski definition) is 2. The molecule has 0 amide bonds. The minimum atomic E-state index is -0.195. The van der Waals surface area contributed by atoms with Crippen LogP contribution in [-0.2, 0) is 4.74 Å². The van der Waals surface area contributed by atoms with Crippen molar-refractivity contribution in [1.82, 2.24) is 0 Å². The Morgan fingerprint density at radius 2 is 1.62 bits per heavy atom. The molecule has 1 aliphatic rings. The molecule has 2 nitrogen and oxygen atoms in total. The summed E-state index contributed by atoms with van der Waals surface area (Å²) in [6, 6.07) is 15.0. The van der Waals surface area contributed by atoms with E-state index in [9.17, 15) is 0 Å². The first-order valence-corrected chi connectivity index (χ1v) is 8.05. The highest BCUT2D eigenvalue weighted by molar-refractivity contribution is 5.83. The summed E-state index contributed by atoms with van der Waals surface area (Å²) in [4.78, 5) is 0. The summed E-state index contributed by atoms with van der Waals surface area (Å²) in [5.41, 5.74) is 7.65. The third-order valence-electron chi connectivity index (χ3n) is 5.06. The van der Waals surface area contributed by atoms with Gasteiger partial charge in [0.1, 0.15) is 0 Å². The summed E-state index contributed by atoms with van der Waals surface area (Å²) in [6.07, 6.45) is 7.17. The number of ether oxygens (including phenoxy) is 1. The van der Waals surface area contributed by atoms with Gasteiger partial charge in [0, 0.05) is 7.11 Å². The fraction of sp³-hybridized carbons (Fsp3) is 0.474. The molecular formula is C19H25NO. The van der Waals surface area contributed by atoms with Crippen molar-refractivity contribution in [3.05, 3.63) is 48.0 Å². The summed E-state index contributed by atoms with van der Waals surface area (Å²) in [7, 11) is 1.83. The molecule has 1 fully saturated rings. The number of hydrogen-bond donors (Lipinski definition) is 1. The molecule has 2 heteroatoms. The zero-order chi connectivity index (χ0) is 14.7. The van der Waals surface area contributed by atoms with Gasteiger partial charge in [-0.3, -0.25) is 0 Å². The van der Waals surface area contributed by atoms with E-state index in [-0.39, 0.29) is 11.6 Å². The van der Waals surface area contributed by atoms with E-state index >= 15 is 0 Å². The van der Waals surface area contributed by atoms with Crippen LogP contribution in [0.2, 0.25) is 0 Å². The smallest absolute Gasteiger partial charge is 0.0870 e. The standard InChI is InChI=1S/C19H25NO/c1-21-19(12-6-2-3-7-13-19)18(20)17-11-10-15-8-4-5-9-16(15)14-17/h4-5,8-11,14,18H,2-3,6-7,12-13,20H2,1H3. The number of fused-ring (bicyclic) bond motifs is 1. The van der Waals surface area contributed by atoms with Gasteiger partial charge in [-0.25, -0.2) is 0 Å². The van der Waals surface area contributed by atoms with E-state index in [4.69, 9.17) is 10.5 Å². The van der Waals surface area contributed by atoms with Crippen molar-refractivity contribution < 1.29 is 4.74 Å². The molecule has 2 N–H and O–H groups in total. The zero-order valence-electron chi connectivity index (χ0n) is 12.8. The van der Waals surface area contributed by atoms with Crippen LogP contribution in [0.1, 0.15) is 50.1 Å². The Hall–Kier alpha value is -1.38. The van der Waals surface area contributed by atoms with Gasteiger partial charge in [0.2, 0.25) is 0 Å². The fourth-order valence-corrected chi connectivity index (χ4v) is 3.67. The van der Waals surface area contributed by atoms with Gasteiger partial charge in [-0.1, -0.05) is 62.1 Å². The van der Waals surface area contributed by atoms with Gasteiger partial charge in [0.05, 0.1) is 11.6 Å². The van der Waals surface area contributed by atoms with Gasteiger partial charge in [-0.2, -0.15) is 0 Å². The van der Waals surface area contributed by atoms with E-state index in [1.54, 1.807) is 0 Å². The highest BCUT2D eigenvalue weighted by atomic mass is 16.5. The molecule has 3 rings (SSSR count). The monoisotopic (exact) mass is 283 g/mol. The molecule has 0 heterocycles. The first-order chi connectivity index (χ1) is 10.2. The van der Waals surface area contributed by atoms with Crippen LogP contribution >= 0.6 is 0 Å². The lowest BCUT2D eigenvalue weighted by atomic mass is 9.82. The van der Waals surface area contributed by atoms with Gasteiger partial charge < -0.3 is 10.5 Å². The van der Waals surface area contributed by atoms with E-state index in [2.05, 4.69) is 42.5 Å². The first kappa shape index (κ1) is 14.6. The quantitative estimate of drug-likeness (QED) is 0.837. The van der Waals surface area contributed by atoms with Gasteiger partial charge in [-0.15, -0.1) is 0 Å². The Kier molecular flexibility index (Phi) is 4.27. The topological polar surface area (TPSA) is 35.2 Å². The lowest BCUT2D eigenvalue weighted by Crippen LogP contribution is -2.42. The van der Waals surface area contributed by atoms with E-state index in [1.165, 1.54) is 42.0 Å². The molecule has 0 aromatic heterocycles. The Morgan fingerprint density at radius 3 is 2.29 bits per heavy atom. The average molecular weight is 283 g/mol. The molecule has 1 unspecified atom stereocenters. The average Bonchev–Trinajstić information content (AvgIpc) is 2.80. The molecule has 2 aromatic carbocycles. The Labute approximate surface area is 127 Å². The van der Waals surface area contributed by atoms with Crippen LogP contribution in [0, 0.1) is 0 Å². The highest BCUT2D eigenvalue weighted by Crippen LogP contribution is 2.39. The minimum Gasteiger partial charge on any atom is -0.376 e. The Balaban J connectivity index is 1.95. The van der Waals surface area contributed by atoms with Crippen LogP contribution in [0.4, 0.5) is 0 Å². The van der Waals surface area contributed by atoms with Gasteiger partial charge in [0.15, 0.2) is 0 Å². The predicted molar refractivity (Wildman–Crippen MR) is 88.3 cm³/mol. The normalized spacial score (nSPS) is 20.1. The maximum atomic E-state index is 6.65. The van der Waals surface area contributed by atoms with Crippen molar-refractivity contribution >= 4 is 10.8 Å². The predicted octanol–water partition coefficient (Wildman–Crippen LogP) is 4.58. The number of methoxy groups -OCH3 is 1. The molecule has 1 saturated carbocycles. The molecule has 2 aromatic rings. The molecule has 0 spiro atoms. The van der Waals surface area contributed by atoms with E-state index in [0.717, 1.165) is 12.8 Å². The number of nitrogens with two attached hydrogens (primary N) is 1. The fourth-order valence-electron chi connectivity index (χ4n) is 3.67. The molecule has 112 valence electrons. The second-order valence-electron chi connectivity index (χ2n) is 6.27. The van der Waals surface area contributed by atoms with Crippen molar-refractivity contribution in [2.45, 2.75) is 50.2 Å². The Morgan fingerprint density at radius 1 is 0.952 bits per heavy atom. The summed E-state index contributed by atoms with van der Waals surface area (Å²) in [5, 5.41) is 2.52. The van der Waals surface area contributed by atoms with Gasteiger partial charge >= 0.3 is 0 Å². The molecular weight excluding hydrogens is 258 g/mol. The molecule has 1 atom stereocenters. The van der Waals surface area contributed by atoms with E-state index in [1.807, 2.05) is 7.11 Å². The van der Waals surface area contributed by atoms with E-state index < -0.39 is 0 Å². The van der Waals surface area contributed by atoms with Crippen molar-refractivity contribution in [3.8, 4) is 0 Å². The Bertz CT molecular complexity index is 599. The largest absolute Gasteiger partial charge is 0.376 e. The van der Waals surface area contributed by atoms with Crippen molar-refractivity contribution in [2.75, 3.05) is 7.11 Å². The zero-order valence-corrected chi connectivity index (χ0v) is 12.8. The van der Waals surface area contributed by atoms with Gasteiger partial charge in [-0.05, 0) is 35.2 Å². The van der Waals surface area contributed by atoms with Crippen LogP contribution in [0.3, 0.4) is 0 Å². The maximum Gasteiger partial charge on any atom is 0.0870 e. The van der Waals surface area contributed by atoms with Crippen LogP contribution in [0.25, 0.3) is 10.8 Å². The van der Waals surface area contributed by atoms with Crippen molar-refractivity contribution in [1.29, 1.82) is 0 Å². The van der Waals surface area contributed by atoms with Gasteiger partial charge in [0.25, 0.3) is 0 Å². The van der Waals surface area contributed by atoms with Crippen LogP contribution in [0.5, 0.6) is 0 Å². The SMILES string of the molecule is COC1(C(N)c2ccc3ccccc3c2)CCCCCC1. The lowest BCUT2D eigenvalue weighted by molar-refractivity contribution is -0.0441. The van der Waals surface area contributed by atoms with Crippen LogP contribution in [-0.4, -0.2) is 12.7 Å². The number of benzene rings is 2. The third-order valence-corrected chi connectivity index (χ3v) is 5.06. The summed E-state index contributed by atoms with van der Waals surface area (Å²) >= 11 is 0. The molecule has 1 aliphatic carbocycles. The van der Waals surface area contributed by atoms with E-state index in [0.29, 0.717) is 0 Å². The summed E-state index contributed by atoms with van der Waals surface area (Å²) in [6.45, 7) is 0. The molecule has 0 saturated heterocycles.